The number of ether oxygens (including phenoxy) is 3. The van der Waals surface area contributed by atoms with E-state index in [0.717, 1.165) is 0 Å². The average molecular weight is 334 g/mol. The molecule has 0 spiro atoms. The van der Waals surface area contributed by atoms with Crippen LogP contribution in [0.1, 0.15) is 16.8 Å². The summed E-state index contributed by atoms with van der Waals surface area (Å²) >= 11 is 0. The highest BCUT2D eigenvalue weighted by atomic mass is 16.6. The van der Waals surface area contributed by atoms with Crippen molar-refractivity contribution in [2.75, 3.05) is 46.6 Å². The molecule has 0 aliphatic carbocycles. The Morgan fingerprint density at radius 2 is 2.21 bits per heavy atom. The molecule has 0 bridgehead atoms. The van der Waals surface area contributed by atoms with Gasteiger partial charge in [-0.2, -0.15) is 0 Å². The molecule has 0 aromatic heterocycles. The molecule has 130 valence electrons. The van der Waals surface area contributed by atoms with Gasteiger partial charge in [0.1, 0.15) is 13.2 Å². The fourth-order valence-corrected chi connectivity index (χ4v) is 2.99. The lowest BCUT2D eigenvalue weighted by Gasteiger charge is -2.21. The molecule has 1 saturated heterocycles. The highest BCUT2D eigenvalue weighted by Crippen LogP contribution is 2.33. The maximum atomic E-state index is 12.4. The van der Waals surface area contributed by atoms with Crippen LogP contribution in [0.15, 0.2) is 18.2 Å². The minimum atomic E-state index is -0.208. The van der Waals surface area contributed by atoms with Crippen molar-refractivity contribution in [2.45, 2.75) is 6.42 Å². The topological polar surface area (TPSA) is 77.1 Å². The maximum Gasteiger partial charge on any atom is 0.255 e. The number of carbonyl (C=O) groups is 2. The van der Waals surface area contributed by atoms with Gasteiger partial charge in [-0.15, -0.1) is 0 Å². The number of fused-ring (bicyclic) bond motifs is 1. The number of methoxy groups -OCH3 is 1. The number of hydrogen-bond donors (Lipinski definition) is 1. The quantitative estimate of drug-likeness (QED) is 0.828. The first-order valence-corrected chi connectivity index (χ1v) is 8.12. The fraction of sp³-hybridized carbons (Fsp3) is 0.529. The summed E-state index contributed by atoms with van der Waals surface area (Å²) in [6, 6.07) is 5.27. The van der Waals surface area contributed by atoms with Gasteiger partial charge in [0, 0.05) is 39.1 Å². The summed E-state index contributed by atoms with van der Waals surface area (Å²) in [5.41, 5.74) is 0.466. The predicted octanol–water partition coefficient (Wildman–Crippen LogP) is 0.682. The normalized spacial score (nSPS) is 19.5. The van der Waals surface area contributed by atoms with Crippen LogP contribution in [0.4, 0.5) is 0 Å². The molecule has 2 heterocycles. The summed E-state index contributed by atoms with van der Waals surface area (Å²) < 4.78 is 16.1. The van der Waals surface area contributed by atoms with E-state index in [1.165, 1.54) is 0 Å². The molecule has 1 N–H and O–H groups in total. The van der Waals surface area contributed by atoms with E-state index in [1.54, 1.807) is 30.2 Å². The average Bonchev–Trinajstić information content (AvgIpc) is 2.97. The Hall–Kier alpha value is -2.28. The Bertz CT molecular complexity index is 619. The van der Waals surface area contributed by atoms with Crippen LogP contribution in [0.5, 0.6) is 11.5 Å². The minimum absolute atomic E-state index is 0.111. The summed E-state index contributed by atoms with van der Waals surface area (Å²) in [7, 11) is 1.62. The van der Waals surface area contributed by atoms with E-state index >= 15 is 0 Å². The van der Waals surface area contributed by atoms with E-state index in [0.29, 0.717) is 62.9 Å². The lowest BCUT2D eigenvalue weighted by molar-refractivity contribution is -0.128. The molecular weight excluding hydrogens is 312 g/mol. The molecule has 1 atom stereocenters. The van der Waals surface area contributed by atoms with Crippen LogP contribution in [-0.4, -0.2) is 63.3 Å². The van der Waals surface area contributed by atoms with Crippen LogP contribution in [0, 0.1) is 5.92 Å². The monoisotopic (exact) mass is 334 g/mol. The van der Waals surface area contributed by atoms with Crippen molar-refractivity contribution in [3.8, 4) is 11.5 Å². The fourth-order valence-electron chi connectivity index (χ4n) is 2.99. The number of amides is 2. The molecule has 1 aromatic carbocycles. The van der Waals surface area contributed by atoms with Crippen LogP contribution >= 0.6 is 0 Å². The van der Waals surface area contributed by atoms with Crippen molar-refractivity contribution in [1.29, 1.82) is 0 Å². The molecule has 2 amide bonds. The second-order valence-corrected chi connectivity index (χ2v) is 5.94. The van der Waals surface area contributed by atoms with Gasteiger partial charge < -0.3 is 24.4 Å². The first-order chi connectivity index (χ1) is 11.7. The predicted molar refractivity (Wildman–Crippen MR) is 86.3 cm³/mol. The van der Waals surface area contributed by atoms with Gasteiger partial charge in [-0.3, -0.25) is 9.59 Å². The van der Waals surface area contributed by atoms with Crippen LogP contribution in [-0.2, 0) is 9.53 Å². The Balaban J connectivity index is 1.56. The molecule has 2 aliphatic rings. The molecule has 1 fully saturated rings. The Morgan fingerprint density at radius 3 is 3.04 bits per heavy atom. The number of hydrogen-bond acceptors (Lipinski definition) is 5. The molecule has 0 radical (unpaired) electrons. The molecule has 24 heavy (non-hydrogen) atoms. The largest absolute Gasteiger partial charge is 0.486 e. The molecule has 3 rings (SSSR count). The van der Waals surface area contributed by atoms with Crippen molar-refractivity contribution in [1.82, 2.24) is 10.2 Å². The number of nitrogens with one attached hydrogen (secondary N) is 1. The van der Waals surface area contributed by atoms with E-state index in [-0.39, 0.29) is 17.7 Å². The Morgan fingerprint density at radius 1 is 1.38 bits per heavy atom. The molecule has 1 aromatic rings. The summed E-state index contributed by atoms with van der Waals surface area (Å²) in [4.78, 5) is 26.1. The zero-order valence-corrected chi connectivity index (χ0v) is 13.7. The first kappa shape index (κ1) is 16.6. The molecule has 0 saturated carbocycles. The third-order valence-electron chi connectivity index (χ3n) is 4.22. The van der Waals surface area contributed by atoms with E-state index in [2.05, 4.69) is 5.32 Å². The first-order valence-electron chi connectivity index (χ1n) is 8.12. The Labute approximate surface area is 140 Å². The highest BCUT2D eigenvalue weighted by Gasteiger charge is 2.30. The van der Waals surface area contributed by atoms with Crippen LogP contribution < -0.4 is 14.8 Å². The summed E-state index contributed by atoms with van der Waals surface area (Å²) in [6.45, 7) is 3.14. The van der Waals surface area contributed by atoms with Crippen LogP contribution in [0.25, 0.3) is 0 Å². The number of likely N-dealkylation sites (tertiary alicyclic amines) is 1. The van der Waals surface area contributed by atoms with Crippen molar-refractivity contribution >= 4 is 11.8 Å². The standard InChI is InChI=1S/C17H22N2O5/c1-22-6-5-19-11-12(9-15(19)20)10-18-17(21)13-3-2-4-14-16(13)24-8-7-23-14/h2-4,12H,5-11H2,1H3,(H,18,21)/t12-/m1/s1. The molecule has 0 unspecified atom stereocenters. The van der Waals surface area contributed by atoms with Gasteiger partial charge in [-0.05, 0) is 12.1 Å². The zero-order chi connectivity index (χ0) is 16.9. The SMILES string of the molecule is COCCN1C[C@@H](CNC(=O)c2cccc3c2OCCO3)CC1=O. The smallest absolute Gasteiger partial charge is 0.255 e. The highest BCUT2D eigenvalue weighted by molar-refractivity contribution is 5.97. The maximum absolute atomic E-state index is 12.4. The zero-order valence-electron chi connectivity index (χ0n) is 13.7. The van der Waals surface area contributed by atoms with Gasteiger partial charge in [0.2, 0.25) is 5.91 Å². The van der Waals surface area contributed by atoms with Gasteiger partial charge in [-0.25, -0.2) is 0 Å². The van der Waals surface area contributed by atoms with Crippen LogP contribution in [0.3, 0.4) is 0 Å². The molecule has 7 heteroatoms. The van der Waals surface area contributed by atoms with Crippen LogP contribution in [0.2, 0.25) is 0 Å². The van der Waals surface area contributed by atoms with Gasteiger partial charge >= 0.3 is 0 Å². The summed E-state index contributed by atoms with van der Waals surface area (Å²) in [5.74, 6) is 1.11. The van der Waals surface area contributed by atoms with Gasteiger partial charge in [-0.1, -0.05) is 6.07 Å². The lowest BCUT2D eigenvalue weighted by Crippen LogP contribution is -2.32. The van der Waals surface area contributed by atoms with E-state index < -0.39 is 0 Å². The Kier molecular flexibility index (Phi) is 5.20. The van der Waals surface area contributed by atoms with E-state index in [4.69, 9.17) is 14.2 Å². The third kappa shape index (κ3) is 3.62. The number of carbonyl (C=O) groups excluding carboxylic acids is 2. The molecular formula is C17H22N2O5. The second kappa shape index (κ2) is 7.53. The van der Waals surface area contributed by atoms with Gasteiger partial charge in [0.05, 0.1) is 12.2 Å². The number of nitrogens with zero attached hydrogens (tertiary/aromatic N) is 1. The summed E-state index contributed by atoms with van der Waals surface area (Å²) in [5, 5.41) is 2.90. The summed E-state index contributed by atoms with van der Waals surface area (Å²) in [6.07, 6.45) is 0.455. The molecule has 2 aliphatic heterocycles. The molecule has 7 nitrogen and oxygen atoms in total. The van der Waals surface area contributed by atoms with Gasteiger partial charge in [0.25, 0.3) is 5.91 Å². The minimum Gasteiger partial charge on any atom is -0.486 e. The van der Waals surface area contributed by atoms with Crippen molar-refractivity contribution in [2.24, 2.45) is 5.92 Å². The van der Waals surface area contributed by atoms with E-state index in [1.807, 2.05) is 0 Å². The van der Waals surface area contributed by atoms with Crippen molar-refractivity contribution in [3.05, 3.63) is 23.8 Å². The third-order valence-corrected chi connectivity index (χ3v) is 4.22. The number of benzene rings is 1. The van der Waals surface area contributed by atoms with Crippen molar-refractivity contribution < 1.29 is 23.8 Å². The van der Waals surface area contributed by atoms with Crippen molar-refractivity contribution in [3.63, 3.8) is 0 Å². The number of rotatable bonds is 6. The van der Waals surface area contributed by atoms with Gasteiger partial charge in [0.15, 0.2) is 11.5 Å². The number of para-hydroxylation sites is 1. The second-order valence-electron chi connectivity index (χ2n) is 5.94. The van der Waals surface area contributed by atoms with E-state index in [9.17, 15) is 9.59 Å². The lowest BCUT2D eigenvalue weighted by atomic mass is 10.1.